The Morgan fingerprint density at radius 2 is 1.75 bits per heavy atom. The summed E-state index contributed by atoms with van der Waals surface area (Å²) in [5.74, 6) is -0.888. The van der Waals surface area contributed by atoms with Gasteiger partial charge in [-0.15, -0.1) is 0 Å². The third kappa shape index (κ3) is 3.75. The van der Waals surface area contributed by atoms with E-state index in [0.717, 1.165) is 31.2 Å². The third-order valence-electron chi connectivity index (χ3n) is 5.97. The summed E-state index contributed by atoms with van der Waals surface area (Å²) in [6, 6.07) is 14.4. The fourth-order valence-corrected chi connectivity index (χ4v) is 4.62. The number of hydrogen-bond donors (Lipinski definition) is 2. The number of carboxylic acid groups (broad SMARTS) is 1. The van der Waals surface area contributed by atoms with Crippen molar-refractivity contribution in [2.75, 3.05) is 0 Å². The molecule has 2 aliphatic carbocycles. The van der Waals surface area contributed by atoms with Gasteiger partial charge in [0.2, 0.25) is 0 Å². The van der Waals surface area contributed by atoms with Crippen molar-refractivity contribution >= 4 is 12.1 Å². The lowest BCUT2D eigenvalue weighted by Gasteiger charge is -2.36. The molecule has 2 N–H and O–H groups in total. The van der Waals surface area contributed by atoms with E-state index >= 15 is 0 Å². The number of rotatable bonds is 5. The number of alkyl carbamates (subject to hydrolysis) is 1. The highest BCUT2D eigenvalue weighted by atomic mass is 16.5. The van der Waals surface area contributed by atoms with Gasteiger partial charge in [0.25, 0.3) is 0 Å². The highest BCUT2D eigenvalue weighted by molar-refractivity contribution is 5.78. The summed E-state index contributed by atoms with van der Waals surface area (Å²) in [7, 11) is 0. The van der Waals surface area contributed by atoms with Crippen LogP contribution in [0, 0.1) is 0 Å². The van der Waals surface area contributed by atoms with Crippen LogP contribution in [0.3, 0.4) is 0 Å². The highest BCUT2D eigenvalue weighted by Crippen LogP contribution is 2.38. The SMILES string of the molecule is O=C(O)CC1(NC(=O)OCc2cccc3c2Cc2ccccc2-3)CCCCC1. The van der Waals surface area contributed by atoms with Gasteiger partial charge in [0, 0.05) is 0 Å². The number of carbonyl (C=O) groups excluding carboxylic acids is 1. The zero-order chi connectivity index (χ0) is 19.6. The summed E-state index contributed by atoms with van der Waals surface area (Å²) in [5, 5.41) is 12.1. The van der Waals surface area contributed by atoms with Crippen LogP contribution in [0.5, 0.6) is 0 Å². The van der Waals surface area contributed by atoms with Gasteiger partial charge in [0.05, 0.1) is 12.0 Å². The van der Waals surface area contributed by atoms with Crippen molar-refractivity contribution in [3.8, 4) is 11.1 Å². The molecule has 1 amide bonds. The molecule has 4 rings (SSSR count). The molecule has 0 radical (unpaired) electrons. The van der Waals surface area contributed by atoms with Gasteiger partial charge in [-0.1, -0.05) is 61.7 Å². The van der Waals surface area contributed by atoms with E-state index in [2.05, 4.69) is 23.5 Å². The predicted octanol–water partition coefficient (Wildman–Crippen LogP) is 4.66. The Bertz CT molecular complexity index is 899. The van der Waals surface area contributed by atoms with E-state index in [9.17, 15) is 14.7 Å². The van der Waals surface area contributed by atoms with Crippen molar-refractivity contribution in [1.82, 2.24) is 5.32 Å². The number of fused-ring (bicyclic) bond motifs is 3. The van der Waals surface area contributed by atoms with Crippen LogP contribution in [0.15, 0.2) is 42.5 Å². The van der Waals surface area contributed by atoms with Gasteiger partial charge in [0.1, 0.15) is 6.61 Å². The molecule has 5 nitrogen and oxygen atoms in total. The fourth-order valence-electron chi connectivity index (χ4n) is 4.62. The number of amides is 1. The monoisotopic (exact) mass is 379 g/mol. The second-order valence-electron chi connectivity index (χ2n) is 7.89. The zero-order valence-corrected chi connectivity index (χ0v) is 15.9. The first kappa shape index (κ1) is 18.5. The van der Waals surface area contributed by atoms with E-state index in [-0.39, 0.29) is 13.0 Å². The molecule has 0 atom stereocenters. The number of hydrogen-bond acceptors (Lipinski definition) is 3. The average Bonchev–Trinajstić information content (AvgIpc) is 3.05. The molecule has 1 fully saturated rings. The number of benzene rings is 2. The van der Waals surface area contributed by atoms with Crippen molar-refractivity contribution in [3.63, 3.8) is 0 Å². The van der Waals surface area contributed by atoms with Crippen LogP contribution in [0.2, 0.25) is 0 Å². The summed E-state index contributed by atoms with van der Waals surface area (Å²) in [5.41, 5.74) is 5.25. The Kier molecular flexibility index (Phi) is 5.07. The standard InChI is InChI=1S/C23H25NO4/c25-21(26)14-23(11-4-1-5-12-23)24-22(27)28-15-17-8-6-10-19-18-9-3-2-7-16(18)13-20(17)19/h2-3,6-10H,1,4-5,11-15H2,(H,24,27)(H,25,26). The summed E-state index contributed by atoms with van der Waals surface area (Å²) in [4.78, 5) is 23.7. The van der Waals surface area contributed by atoms with Crippen molar-refractivity contribution in [3.05, 3.63) is 59.2 Å². The molecule has 0 saturated heterocycles. The number of nitrogens with one attached hydrogen (secondary N) is 1. The molecule has 0 unspecified atom stereocenters. The number of ether oxygens (including phenoxy) is 1. The Morgan fingerprint density at radius 1 is 1.00 bits per heavy atom. The van der Waals surface area contributed by atoms with Crippen molar-refractivity contribution < 1.29 is 19.4 Å². The summed E-state index contributed by atoms with van der Waals surface area (Å²) >= 11 is 0. The molecule has 146 valence electrons. The molecule has 5 heteroatoms. The average molecular weight is 379 g/mol. The molecule has 2 aromatic rings. The first-order valence-corrected chi connectivity index (χ1v) is 9.92. The maximum Gasteiger partial charge on any atom is 0.407 e. The molecule has 0 spiro atoms. The largest absolute Gasteiger partial charge is 0.481 e. The van der Waals surface area contributed by atoms with Crippen LogP contribution in [0.1, 0.15) is 55.2 Å². The lowest BCUT2D eigenvalue weighted by atomic mass is 9.79. The number of carbonyl (C=O) groups is 2. The first-order chi connectivity index (χ1) is 13.6. The minimum Gasteiger partial charge on any atom is -0.481 e. The van der Waals surface area contributed by atoms with Crippen LogP contribution < -0.4 is 5.32 Å². The molecular weight excluding hydrogens is 354 g/mol. The van der Waals surface area contributed by atoms with E-state index in [1.807, 2.05) is 24.3 Å². The quantitative estimate of drug-likeness (QED) is 0.676. The van der Waals surface area contributed by atoms with E-state index in [1.54, 1.807) is 0 Å². The number of aliphatic carboxylic acids is 1. The van der Waals surface area contributed by atoms with Crippen molar-refractivity contribution in [1.29, 1.82) is 0 Å². The summed E-state index contributed by atoms with van der Waals surface area (Å²) < 4.78 is 5.52. The molecule has 0 heterocycles. The molecule has 2 aliphatic rings. The minimum absolute atomic E-state index is 0.0574. The second kappa shape index (κ2) is 7.66. The Morgan fingerprint density at radius 3 is 2.54 bits per heavy atom. The van der Waals surface area contributed by atoms with E-state index in [4.69, 9.17) is 4.74 Å². The van der Waals surface area contributed by atoms with Crippen LogP contribution in [-0.4, -0.2) is 22.7 Å². The van der Waals surface area contributed by atoms with Gasteiger partial charge >= 0.3 is 12.1 Å². The van der Waals surface area contributed by atoms with Crippen LogP contribution in [0.25, 0.3) is 11.1 Å². The van der Waals surface area contributed by atoms with Gasteiger partial charge in [-0.25, -0.2) is 4.79 Å². The fraction of sp³-hybridized carbons (Fsp3) is 0.391. The van der Waals surface area contributed by atoms with Crippen LogP contribution in [0.4, 0.5) is 4.79 Å². The van der Waals surface area contributed by atoms with Gasteiger partial charge in [-0.3, -0.25) is 4.79 Å². The van der Waals surface area contributed by atoms with E-state index < -0.39 is 17.6 Å². The molecule has 0 aliphatic heterocycles. The zero-order valence-electron chi connectivity index (χ0n) is 15.9. The maximum atomic E-state index is 12.5. The topological polar surface area (TPSA) is 75.6 Å². The van der Waals surface area contributed by atoms with Gasteiger partial charge in [0.15, 0.2) is 0 Å². The minimum atomic E-state index is -0.888. The smallest absolute Gasteiger partial charge is 0.407 e. The lowest BCUT2D eigenvalue weighted by Crippen LogP contribution is -2.51. The van der Waals surface area contributed by atoms with Crippen molar-refractivity contribution in [2.24, 2.45) is 0 Å². The predicted molar refractivity (Wildman–Crippen MR) is 106 cm³/mol. The Hall–Kier alpha value is -2.82. The molecule has 1 saturated carbocycles. The van der Waals surface area contributed by atoms with Crippen LogP contribution in [-0.2, 0) is 22.6 Å². The molecule has 0 aromatic heterocycles. The summed E-state index contributed by atoms with van der Waals surface area (Å²) in [6.07, 6.45) is 4.56. The molecule has 28 heavy (non-hydrogen) atoms. The van der Waals surface area contributed by atoms with Gasteiger partial charge in [-0.2, -0.15) is 0 Å². The second-order valence-corrected chi connectivity index (χ2v) is 7.89. The van der Waals surface area contributed by atoms with Gasteiger partial charge < -0.3 is 15.2 Å². The third-order valence-corrected chi connectivity index (χ3v) is 5.97. The summed E-state index contributed by atoms with van der Waals surface area (Å²) in [6.45, 7) is 0.187. The lowest BCUT2D eigenvalue weighted by molar-refractivity contribution is -0.139. The van der Waals surface area contributed by atoms with Crippen molar-refractivity contribution in [2.45, 2.75) is 57.1 Å². The van der Waals surface area contributed by atoms with E-state index in [1.165, 1.54) is 22.3 Å². The first-order valence-electron chi connectivity index (χ1n) is 9.92. The highest BCUT2D eigenvalue weighted by Gasteiger charge is 2.36. The van der Waals surface area contributed by atoms with Gasteiger partial charge in [-0.05, 0) is 47.1 Å². The molecule has 0 bridgehead atoms. The molecular formula is C23H25NO4. The van der Waals surface area contributed by atoms with E-state index in [0.29, 0.717) is 12.8 Å². The Balaban J connectivity index is 1.44. The normalized spacial score (nSPS) is 16.7. The van der Waals surface area contributed by atoms with Crippen LogP contribution >= 0.6 is 0 Å². The number of carboxylic acids is 1. The Labute approximate surface area is 164 Å². The molecule has 2 aromatic carbocycles. The maximum absolute atomic E-state index is 12.5.